The Hall–Kier alpha value is -0.420. The van der Waals surface area contributed by atoms with E-state index in [0.717, 1.165) is 37.9 Å². The second-order valence-corrected chi connectivity index (χ2v) is 6.08. The van der Waals surface area contributed by atoms with Crippen LogP contribution in [0.25, 0.3) is 0 Å². The molecule has 0 saturated heterocycles. The van der Waals surface area contributed by atoms with Crippen LogP contribution in [0.1, 0.15) is 45.4 Å². The lowest BCUT2D eigenvalue weighted by atomic mass is 9.85. The van der Waals surface area contributed by atoms with E-state index in [0.29, 0.717) is 6.54 Å². The minimum absolute atomic E-state index is 0.158. The predicted octanol–water partition coefficient (Wildman–Crippen LogP) is 2.12. The number of amides is 2. The van der Waals surface area contributed by atoms with E-state index in [-0.39, 0.29) is 12.1 Å². The molecule has 2 amide bonds. The minimum atomic E-state index is -0.684. The summed E-state index contributed by atoms with van der Waals surface area (Å²) in [5.41, 5.74) is -0.684. The van der Waals surface area contributed by atoms with Crippen molar-refractivity contribution in [2.24, 2.45) is 0 Å². The molecule has 3 N–H and O–H groups in total. The van der Waals surface area contributed by atoms with Crippen molar-refractivity contribution in [2.75, 3.05) is 18.6 Å². The van der Waals surface area contributed by atoms with Crippen LogP contribution in [0, 0.1) is 0 Å². The number of urea groups is 1. The van der Waals surface area contributed by atoms with Crippen LogP contribution in [0.15, 0.2) is 0 Å². The first-order chi connectivity index (χ1) is 8.59. The van der Waals surface area contributed by atoms with Crippen molar-refractivity contribution in [2.45, 2.75) is 57.1 Å². The molecule has 1 unspecified atom stereocenters. The molecule has 1 rings (SSSR count). The van der Waals surface area contributed by atoms with E-state index >= 15 is 0 Å². The molecule has 0 aromatic heterocycles. The molecule has 0 spiro atoms. The van der Waals surface area contributed by atoms with Crippen LogP contribution in [-0.4, -0.2) is 41.3 Å². The number of rotatable bonds is 6. The number of carbonyl (C=O) groups is 1. The van der Waals surface area contributed by atoms with Gasteiger partial charge in [-0.05, 0) is 25.5 Å². The normalized spacial score (nSPS) is 20.2. The number of hydrogen-bond donors (Lipinski definition) is 3. The molecule has 5 heteroatoms. The Morgan fingerprint density at radius 2 is 2.06 bits per heavy atom. The van der Waals surface area contributed by atoms with Gasteiger partial charge in [0.25, 0.3) is 0 Å². The summed E-state index contributed by atoms with van der Waals surface area (Å²) in [6.45, 7) is 2.43. The Kier molecular flexibility index (Phi) is 6.86. The first kappa shape index (κ1) is 15.6. The third-order valence-electron chi connectivity index (χ3n) is 3.56. The molecule has 0 aromatic rings. The molecular formula is C13H26N2O2S. The fourth-order valence-corrected chi connectivity index (χ4v) is 3.05. The summed E-state index contributed by atoms with van der Waals surface area (Å²) in [7, 11) is 0. The first-order valence-electron chi connectivity index (χ1n) is 6.85. The molecule has 1 aliphatic rings. The third-order valence-corrected chi connectivity index (χ3v) is 4.29. The zero-order valence-electron chi connectivity index (χ0n) is 11.5. The molecule has 1 saturated carbocycles. The van der Waals surface area contributed by atoms with Crippen molar-refractivity contribution in [1.82, 2.24) is 10.6 Å². The average molecular weight is 274 g/mol. The fraction of sp³-hybridized carbons (Fsp3) is 0.923. The van der Waals surface area contributed by atoms with Crippen molar-refractivity contribution >= 4 is 17.8 Å². The summed E-state index contributed by atoms with van der Waals surface area (Å²) < 4.78 is 0. The Labute approximate surface area is 114 Å². The Morgan fingerprint density at radius 1 is 1.39 bits per heavy atom. The molecule has 1 fully saturated rings. The van der Waals surface area contributed by atoms with Gasteiger partial charge in [-0.15, -0.1) is 0 Å². The summed E-state index contributed by atoms with van der Waals surface area (Å²) in [6, 6.07) is 0.0518. The van der Waals surface area contributed by atoms with Crippen molar-refractivity contribution in [3.05, 3.63) is 0 Å². The standard InChI is InChI=1S/C13H26N2O2S/c1-3-11(9-18-2)15-12(16)14-10-13(17)7-5-4-6-8-13/h11,17H,3-10H2,1-2H3,(H2,14,15,16). The van der Waals surface area contributed by atoms with Crippen molar-refractivity contribution in [3.63, 3.8) is 0 Å². The lowest BCUT2D eigenvalue weighted by Gasteiger charge is -2.32. The zero-order chi connectivity index (χ0) is 13.4. The maximum atomic E-state index is 11.7. The maximum absolute atomic E-state index is 11.7. The summed E-state index contributed by atoms with van der Waals surface area (Å²) in [6.07, 6.45) is 7.88. The molecule has 0 aromatic carbocycles. The van der Waals surface area contributed by atoms with E-state index < -0.39 is 5.60 Å². The predicted molar refractivity (Wildman–Crippen MR) is 77.0 cm³/mol. The van der Waals surface area contributed by atoms with Crippen LogP contribution in [-0.2, 0) is 0 Å². The Bertz CT molecular complexity index is 255. The molecule has 0 radical (unpaired) electrons. The van der Waals surface area contributed by atoms with Gasteiger partial charge in [-0.1, -0.05) is 26.2 Å². The first-order valence-corrected chi connectivity index (χ1v) is 8.24. The Balaban J connectivity index is 2.27. The van der Waals surface area contributed by atoms with Crippen molar-refractivity contribution in [3.8, 4) is 0 Å². The highest BCUT2D eigenvalue weighted by molar-refractivity contribution is 7.98. The number of thioether (sulfide) groups is 1. The molecule has 106 valence electrons. The van der Waals surface area contributed by atoms with Crippen LogP contribution in [0.4, 0.5) is 4.79 Å². The number of carbonyl (C=O) groups excluding carboxylic acids is 1. The van der Waals surface area contributed by atoms with E-state index in [1.54, 1.807) is 11.8 Å². The van der Waals surface area contributed by atoms with E-state index in [1.807, 2.05) is 6.26 Å². The molecule has 0 heterocycles. The van der Waals surface area contributed by atoms with Gasteiger partial charge < -0.3 is 15.7 Å². The van der Waals surface area contributed by atoms with E-state index in [9.17, 15) is 9.90 Å². The van der Waals surface area contributed by atoms with Crippen LogP contribution in [0.2, 0.25) is 0 Å². The molecule has 4 nitrogen and oxygen atoms in total. The number of hydrogen-bond acceptors (Lipinski definition) is 3. The average Bonchev–Trinajstić information content (AvgIpc) is 2.37. The molecule has 1 atom stereocenters. The second-order valence-electron chi connectivity index (χ2n) is 5.17. The lowest BCUT2D eigenvalue weighted by molar-refractivity contribution is 0.00714. The number of aliphatic hydroxyl groups is 1. The SMILES string of the molecule is CCC(CSC)NC(=O)NCC1(O)CCCCC1. The highest BCUT2D eigenvalue weighted by Crippen LogP contribution is 2.27. The van der Waals surface area contributed by atoms with Crippen LogP contribution >= 0.6 is 11.8 Å². The fourth-order valence-electron chi connectivity index (χ4n) is 2.33. The molecule has 18 heavy (non-hydrogen) atoms. The van der Waals surface area contributed by atoms with Gasteiger partial charge >= 0.3 is 6.03 Å². The van der Waals surface area contributed by atoms with Gasteiger partial charge in [0.2, 0.25) is 0 Å². The van der Waals surface area contributed by atoms with E-state index in [4.69, 9.17) is 0 Å². The highest BCUT2D eigenvalue weighted by Gasteiger charge is 2.29. The monoisotopic (exact) mass is 274 g/mol. The lowest BCUT2D eigenvalue weighted by Crippen LogP contribution is -2.49. The van der Waals surface area contributed by atoms with Gasteiger partial charge in [0.15, 0.2) is 0 Å². The summed E-state index contributed by atoms with van der Waals surface area (Å²) in [5.74, 6) is 0.925. The highest BCUT2D eigenvalue weighted by atomic mass is 32.2. The van der Waals surface area contributed by atoms with Gasteiger partial charge in [0, 0.05) is 18.3 Å². The number of nitrogens with one attached hydrogen (secondary N) is 2. The van der Waals surface area contributed by atoms with Crippen molar-refractivity contribution < 1.29 is 9.90 Å². The topological polar surface area (TPSA) is 61.4 Å². The van der Waals surface area contributed by atoms with Gasteiger partial charge in [-0.2, -0.15) is 11.8 Å². The molecule has 0 bridgehead atoms. The van der Waals surface area contributed by atoms with E-state index in [1.165, 1.54) is 6.42 Å². The maximum Gasteiger partial charge on any atom is 0.315 e. The van der Waals surface area contributed by atoms with Gasteiger partial charge in [0.1, 0.15) is 0 Å². The van der Waals surface area contributed by atoms with Gasteiger partial charge in [-0.3, -0.25) is 0 Å². The van der Waals surface area contributed by atoms with Crippen LogP contribution in [0.5, 0.6) is 0 Å². The second kappa shape index (κ2) is 7.89. The van der Waals surface area contributed by atoms with Crippen LogP contribution < -0.4 is 10.6 Å². The smallest absolute Gasteiger partial charge is 0.315 e. The summed E-state index contributed by atoms with van der Waals surface area (Å²) >= 11 is 1.73. The summed E-state index contributed by atoms with van der Waals surface area (Å²) in [5, 5.41) is 16.0. The largest absolute Gasteiger partial charge is 0.388 e. The third kappa shape index (κ3) is 5.48. The molecule has 0 aliphatic heterocycles. The van der Waals surface area contributed by atoms with E-state index in [2.05, 4.69) is 17.6 Å². The van der Waals surface area contributed by atoms with Gasteiger partial charge in [0.05, 0.1) is 5.60 Å². The van der Waals surface area contributed by atoms with Crippen molar-refractivity contribution in [1.29, 1.82) is 0 Å². The quantitative estimate of drug-likeness (QED) is 0.695. The van der Waals surface area contributed by atoms with Gasteiger partial charge in [-0.25, -0.2) is 4.79 Å². The Morgan fingerprint density at radius 3 is 2.61 bits per heavy atom. The zero-order valence-corrected chi connectivity index (χ0v) is 12.3. The van der Waals surface area contributed by atoms with Crippen LogP contribution in [0.3, 0.4) is 0 Å². The molecular weight excluding hydrogens is 248 g/mol. The molecule has 1 aliphatic carbocycles. The summed E-state index contributed by atoms with van der Waals surface area (Å²) in [4.78, 5) is 11.7. The minimum Gasteiger partial charge on any atom is -0.388 e.